The molecule has 1 aromatic heterocycles. The third kappa shape index (κ3) is 7.76. The number of nitrogens with zero attached hydrogens (tertiary/aromatic N) is 1. The molecule has 3 aromatic carbocycles. The van der Waals surface area contributed by atoms with Crippen LogP contribution in [0.5, 0.6) is 11.5 Å². The number of hydrogen-bond acceptors (Lipinski definition) is 7. The normalized spacial score (nSPS) is 10.8. The quantitative estimate of drug-likeness (QED) is 0.179. The molecule has 0 fully saturated rings. The molecule has 4 aromatic rings. The largest absolute Gasteiger partial charge is 0.493 e. The molecule has 9 nitrogen and oxygen atoms in total. The lowest BCUT2D eigenvalue weighted by Gasteiger charge is -2.23. The Morgan fingerprint density at radius 3 is 2.20 bits per heavy atom. The molecular weight excluding hydrogens is 520 g/mol. The first-order chi connectivity index (χ1) is 19.8. The lowest BCUT2D eigenvalue weighted by atomic mass is 9.93. The van der Waals surface area contributed by atoms with Crippen LogP contribution in [-0.2, 0) is 16.1 Å². The van der Waals surface area contributed by atoms with Gasteiger partial charge in [-0.2, -0.15) is 0 Å². The molecule has 4 rings (SSSR count). The smallest absolute Gasteiger partial charge is 0.323 e. The maximum Gasteiger partial charge on any atom is 0.323 e. The Hall–Kier alpha value is -5.05. The van der Waals surface area contributed by atoms with Gasteiger partial charge in [0.25, 0.3) is 0 Å². The van der Waals surface area contributed by atoms with Crippen LogP contribution < -0.4 is 25.4 Å². The SMILES string of the molecule is COc1cccc(NC(=O)Nc2ccc(-c3ccc(NCC(C)(C)C(=O)OCc4ccccc4)nc3)cc2)c1OC. The maximum atomic E-state index is 12.6. The van der Waals surface area contributed by atoms with Crippen LogP contribution in [0.4, 0.5) is 22.0 Å². The molecule has 0 atom stereocenters. The molecule has 0 unspecified atom stereocenters. The summed E-state index contributed by atoms with van der Waals surface area (Å²) in [6, 6.07) is 25.7. The predicted molar refractivity (Wildman–Crippen MR) is 160 cm³/mol. The van der Waals surface area contributed by atoms with Gasteiger partial charge in [-0.05, 0) is 61.4 Å². The van der Waals surface area contributed by atoms with E-state index in [0.29, 0.717) is 35.2 Å². The number of anilines is 3. The Labute approximate surface area is 239 Å². The van der Waals surface area contributed by atoms with E-state index >= 15 is 0 Å². The second kappa shape index (κ2) is 13.3. The molecular formula is C32H34N4O5. The molecule has 0 aliphatic heterocycles. The predicted octanol–water partition coefficient (Wildman–Crippen LogP) is 6.59. The zero-order chi connectivity index (χ0) is 29.2. The van der Waals surface area contributed by atoms with Crippen LogP contribution >= 0.6 is 0 Å². The fourth-order valence-electron chi connectivity index (χ4n) is 3.99. The van der Waals surface area contributed by atoms with Crippen molar-refractivity contribution >= 4 is 29.2 Å². The highest BCUT2D eigenvalue weighted by molar-refractivity contribution is 6.01. The molecule has 9 heteroatoms. The number of ether oxygens (including phenoxy) is 3. The lowest BCUT2D eigenvalue weighted by molar-refractivity contribution is -0.154. The number of methoxy groups -OCH3 is 2. The maximum absolute atomic E-state index is 12.6. The Balaban J connectivity index is 1.29. The number of esters is 1. The molecule has 0 aliphatic carbocycles. The first kappa shape index (κ1) is 28.9. The standard InChI is InChI=1S/C32H34N4O5/c1-32(2,30(37)41-20-22-9-6-5-7-10-22)21-34-28-18-15-24(19-33-28)23-13-16-25(17-14-23)35-31(38)36-26-11-8-12-27(39-3)29(26)40-4/h5-19H,20-21H2,1-4H3,(H,33,34)(H2,35,36,38). The zero-order valence-corrected chi connectivity index (χ0v) is 23.6. The average molecular weight is 555 g/mol. The molecule has 0 aliphatic rings. The Bertz CT molecular complexity index is 1460. The Morgan fingerprint density at radius 1 is 0.805 bits per heavy atom. The Kier molecular flexibility index (Phi) is 9.42. The van der Waals surface area contributed by atoms with Gasteiger partial charge >= 0.3 is 12.0 Å². The molecule has 212 valence electrons. The van der Waals surface area contributed by atoms with Gasteiger partial charge in [-0.15, -0.1) is 0 Å². The van der Waals surface area contributed by atoms with E-state index in [-0.39, 0.29) is 12.6 Å². The number of carbonyl (C=O) groups excluding carboxylic acids is 2. The van der Waals surface area contributed by atoms with Crippen LogP contribution in [-0.4, -0.2) is 37.7 Å². The number of benzene rings is 3. The number of nitrogens with one attached hydrogen (secondary N) is 3. The summed E-state index contributed by atoms with van der Waals surface area (Å²) in [7, 11) is 3.05. The fourth-order valence-corrected chi connectivity index (χ4v) is 3.99. The van der Waals surface area contributed by atoms with Crippen LogP contribution in [0.15, 0.2) is 91.1 Å². The van der Waals surface area contributed by atoms with Crippen LogP contribution in [0.25, 0.3) is 11.1 Å². The minimum atomic E-state index is -0.734. The van der Waals surface area contributed by atoms with E-state index < -0.39 is 11.4 Å². The topological polar surface area (TPSA) is 111 Å². The summed E-state index contributed by atoms with van der Waals surface area (Å²) >= 11 is 0. The van der Waals surface area contributed by atoms with Crippen molar-refractivity contribution in [2.45, 2.75) is 20.5 Å². The summed E-state index contributed by atoms with van der Waals surface area (Å²) in [5.41, 5.74) is 3.18. The summed E-state index contributed by atoms with van der Waals surface area (Å²) in [5.74, 6) is 1.34. The van der Waals surface area contributed by atoms with Crippen molar-refractivity contribution in [3.8, 4) is 22.6 Å². The molecule has 1 heterocycles. The number of hydrogen-bond donors (Lipinski definition) is 3. The van der Waals surface area contributed by atoms with E-state index in [1.165, 1.54) is 14.2 Å². The molecule has 2 amide bonds. The number of carbonyl (C=O) groups is 2. The highest BCUT2D eigenvalue weighted by atomic mass is 16.5. The van der Waals surface area contributed by atoms with Crippen molar-refractivity contribution in [1.29, 1.82) is 0 Å². The molecule has 0 saturated carbocycles. The average Bonchev–Trinajstić information content (AvgIpc) is 2.99. The third-order valence-electron chi connectivity index (χ3n) is 6.37. The van der Waals surface area contributed by atoms with Gasteiger partial charge in [0, 0.05) is 24.0 Å². The van der Waals surface area contributed by atoms with Crippen molar-refractivity contribution < 1.29 is 23.8 Å². The second-order valence-electron chi connectivity index (χ2n) is 9.93. The van der Waals surface area contributed by atoms with Gasteiger partial charge in [-0.25, -0.2) is 9.78 Å². The van der Waals surface area contributed by atoms with Crippen molar-refractivity contribution in [2.24, 2.45) is 5.41 Å². The van der Waals surface area contributed by atoms with Gasteiger partial charge in [0.15, 0.2) is 11.5 Å². The van der Waals surface area contributed by atoms with Gasteiger partial charge in [0.05, 0.1) is 25.3 Å². The summed E-state index contributed by atoms with van der Waals surface area (Å²) in [6.07, 6.45) is 1.76. The first-order valence-corrected chi connectivity index (χ1v) is 13.1. The van der Waals surface area contributed by atoms with Gasteiger partial charge in [0.1, 0.15) is 12.4 Å². The van der Waals surface area contributed by atoms with Crippen LogP contribution in [0.1, 0.15) is 19.4 Å². The molecule has 0 saturated heterocycles. The van der Waals surface area contributed by atoms with E-state index in [1.54, 1.807) is 24.4 Å². The Morgan fingerprint density at radius 2 is 1.54 bits per heavy atom. The summed E-state index contributed by atoms with van der Waals surface area (Å²) in [4.78, 5) is 29.7. The summed E-state index contributed by atoms with van der Waals surface area (Å²) in [6.45, 7) is 4.29. The van der Waals surface area contributed by atoms with E-state index in [1.807, 2.05) is 80.6 Å². The molecule has 0 bridgehead atoms. The van der Waals surface area contributed by atoms with E-state index in [2.05, 4.69) is 20.9 Å². The van der Waals surface area contributed by atoms with E-state index in [0.717, 1.165) is 16.7 Å². The lowest BCUT2D eigenvalue weighted by Crippen LogP contribution is -2.33. The highest BCUT2D eigenvalue weighted by Gasteiger charge is 2.29. The van der Waals surface area contributed by atoms with Crippen LogP contribution in [0.2, 0.25) is 0 Å². The molecule has 41 heavy (non-hydrogen) atoms. The van der Waals surface area contributed by atoms with Gasteiger partial charge in [-0.1, -0.05) is 48.5 Å². The van der Waals surface area contributed by atoms with Gasteiger partial charge in [0.2, 0.25) is 0 Å². The van der Waals surface area contributed by atoms with E-state index in [9.17, 15) is 9.59 Å². The first-order valence-electron chi connectivity index (χ1n) is 13.1. The number of urea groups is 1. The summed E-state index contributed by atoms with van der Waals surface area (Å²) < 4.78 is 16.1. The number of aromatic nitrogens is 1. The molecule has 3 N–H and O–H groups in total. The minimum absolute atomic E-state index is 0.242. The van der Waals surface area contributed by atoms with Crippen molar-refractivity contribution in [3.63, 3.8) is 0 Å². The fraction of sp³-hybridized carbons (Fsp3) is 0.219. The third-order valence-corrected chi connectivity index (χ3v) is 6.37. The second-order valence-corrected chi connectivity index (χ2v) is 9.93. The molecule has 0 radical (unpaired) electrons. The summed E-state index contributed by atoms with van der Waals surface area (Å²) in [5, 5.41) is 8.82. The number of para-hydroxylation sites is 1. The van der Waals surface area contributed by atoms with Crippen LogP contribution in [0.3, 0.4) is 0 Å². The van der Waals surface area contributed by atoms with Gasteiger partial charge in [-0.3, -0.25) is 4.79 Å². The van der Waals surface area contributed by atoms with Gasteiger partial charge < -0.3 is 30.2 Å². The minimum Gasteiger partial charge on any atom is -0.493 e. The van der Waals surface area contributed by atoms with Crippen LogP contribution in [0, 0.1) is 5.41 Å². The number of pyridine rings is 1. The van der Waals surface area contributed by atoms with Crippen molar-refractivity contribution in [2.75, 3.05) is 36.7 Å². The monoisotopic (exact) mass is 554 g/mol. The van der Waals surface area contributed by atoms with Crippen molar-refractivity contribution in [3.05, 3.63) is 96.7 Å². The number of rotatable bonds is 11. The van der Waals surface area contributed by atoms with Crippen molar-refractivity contribution in [1.82, 2.24) is 4.98 Å². The molecule has 0 spiro atoms. The number of amides is 2. The van der Waals surface area contributed by atoms with E-state index in [4.69, 9.17) is 14.2 Å². The highest BCUT2D eigenvalue weighted by Crippen LogP contribution is 2.34. The zero-order valence-electron chi connectivity index (χ0n) is 23.6.